The van der Waals surface area contributed by atoms with Crippen LogP contribution in [0.2, 0.25) is 10.0 Å². The Morgan fingerprint density at radius 3 is 2.33 bits per heavy atom. The Hall–Kier alpha value is -1.27. The topological polar surface area (TPSA) is 72.2 Å². The van der Waals surface area contributed by atoms with E-state index in [2.05, 4.69) is 4.72 Å². The lowest BCUT2D eigenvalue weighted by molar-refractivity contribution is 0.567. The molecule has 0 spiro atoms. The maximum absolute atomic E-state index is 12.4. The summed E-state index contributed by atoms with van der Waals surface area (Å²) in [5.41, 5.74) is 7.03. The molecule has 1 unspecified atom stereocenters. The molecule has 3 N–H and O–H groups in total. The first-order valence-corrected chi connectivity index (χ1v) is 8.36. The summed E-state index contributed by atoms with van der Waals surface area (Å²) in [6.07, 6.45) is 0. The van der Waals surface area contributed by atoms with Gasteiger partial charge in [0.05, 0.1) is 5.02 Å². The van der Waals surface area contributed by atoms with Crippen molar-refractivity contribution >= 4 is 38.9 Å². The van der Waals surface area contributed by atoms with Crippen LogP contribution in [-0.2, 0) is 10.0 Å². The second-order valence-corrected chi connectivity index (χ2v) is 7.11. The average Bonchev–Trinajstić information content (AvgIpc) is 2.41. The number of rotatable bonds is 4. The van der Waals surface area contributed by atoms with Gasteiger partial charge in [0.25, 0.3) is 0 Å². The van der Waals surface area contributed by atoms with Crippen LogP contribution in [0.5, 0.6) is 0 Å². The molecule has 0 radical (unpaired) electrons. The van der Waals surface area contributed by atoms with Gasteiger partial charge in [0, 0.05) is 16.8 Å². The van der Waals surface area contributed by atoms with E-state index in [0.717, 1.165) is 5.56 Å². The fourth-order valence-electron chi connectivity index (χ4n) is 1.83. The van der Waals surface area contributed by atoms with Crippen LogP contribution in [0.4, 0.5) is 5.69 Å². The van der Waals surface area contributed by atoms with Crippen molar-refractivity contribution < 1.29 is 8.42 Å². The lowest BCUT2D eigenvalue weighted by atomic mass is 10.1. The summed E-state index contributed by atoms with van der Waals surface area (Å²) >= 11 is 11.8. The molecule has 1 atom stereocenters. The molecule has 2 aromatic rings. The van der Waals surface area contributed by atoms with Crippen molar-refractivity contribution in [1.29, 1.82) is 0 Å². The molecule has 0 saturated carbocycles. The molecule has 0 heterocycles. The molecule has 2 aromatic carbocycles. The molecule has 0 amide bonds. The van der Waals surface area contributed by atoms with E-state index in [9.17, 15) is 8.42 Å². The Balaban J connectivity index is 2.28. The van der Waals surface area contributed by atoms with E-state index in [1.165, 1.54) is 18.2 Å². The molecular weight excluding hydrogens is 331 g/mol. The molecule has 0 aliphatic rings. The third kappa shape index (κ3) is 3.89. The highest BCUT2D eigenvalue weighted by atomic mass is 35.5. The summed E-state index contributed by atoms with van der Waals surface area (Å²) in [5, 5.41) is 0.427. The number of hydrogen-bond donors (Lipinski definition) is 2. The van der Waals surface area contributed by atoms with Crippen molar-refractivity contribution in [2.75, 3.05) is 5.73 Å². The quantitative estimate of drug-likeness (QED) is 0.832. The summed E-state index contributed by atoms with van der Waals surface area (Å²) in [5.74, 6) is 0. The van der Waals surface area contributed by atoms with Gasteiger partial charge in [-0.25, -0.2) is 13.1 Å². The van der Waals surface area contributed by atoms with Gasteiger partial charge in [0.1, 0.15) is 4.90 Å². The minimum atomic E-state index is -3.77. The Morgan fingerprint density at radius 2 is 1.71 bits per heavy atom. The summed E-state index contributed by atoms with van der Waals surface area (Å²) in [6, 6.07) is 10.8. The highest BCUT2D eigenvalue weighted by Gasteiger charge is 2.21. The van der Waals surface area contributed by atoms with Crippen molar-refractivity contribution in [2.45, 2.75) is 17.9 Å². The number of nitrogens with one attached hydrogen (secondary N) is 1. The first-order valence-electron chi connectivity index (χ1n) is 6.12. The molecule has 0 saturated heterocycles. The minimum Gasteiger partial charge on any atom is -0.399 e. The highest BCUT2D eigenvalue weighted by Crippen LogP contribution is 2.26. The van der Waals surface area contributed by atoms with Crippen LogP contribution in [-0.4, -0.2) is 8.42 Å². The molecule has 4 nitrogen and oxygen atoms in total. The van der Waals surface area contributed by atoms with Gasteiger partial charge in [-0.05, 0) is 42.8 Å². The SMILES string of the molecule is CC(NS(=O)(=O)c1cc(Cl)ccc1Cl)c1ccc(N)cc1. The van der Waals surface area contributed by atoms with E-state index in [4.69, 9.17) is 28.9 Å². The molecule has 0 aromatic heterocycles. The number of anilines is 1. The van der Waals surface area contributed by atoms with Crippen LogP contribution in [0.1, 0.15) is 18.5 Å². The number of benzene rings is 2. The summed E-state index contributed by atoms with van der Waals surface area (Å²) in [7, 11) is -3.77. The predicted molar refractivity (Wildman–Crippen MR) is 86.1 cm³/mol. The lowest BCUT2D eigenvalue weighted by Gasteiger charge is -2.15. The number of sulfonamides is 1. The minimum absolute atomic E-state index is 0.0426. The van der Waals surface area contributed by atoms with Crippen LogP contribution in [0, 0.1) is 0 Å². The fourth-order valence-corrected chi connectivity index (χ4v) is 3.83. The molecule has 21 heavy (non-hydrogen) atoms. The fraction of sp³-hybridized carbons (Fsp3) is 0.143. The van der Waals surface area contributed by atoms with Crippen molar-refractivity contribution in [1.82, 2.24) is 4.72 Å². The van der Waals surface area contributed by atoms with Crippen molar-refractivity contribution in [2.24, 2.45) is 0 Å². The third-order valence-corrected chi connectivity index (χ3v) is 5.21. The Morgan fingerprint density at radius 1 is 1.10 bits per heavy atom. The first-order chi connectivity index (χ1) is 9.79. The van der Waals surface area contributed by atoms with Crippen molar-refractivity contribution in [3.05, 3.63) is 58.1 Å². The van der Waals surface area contributed by atoms with Gasteiger partial charge in [-0.15, -0.1) is 0 Å². The van der Waals surface area contributed by atoms with Gasteiger partial charge >= 0.3 is 0 Å². The standard InChI is InChI=1S/C14H14Cl2N2O2S/c1-9(10-2-5-12(17)6-3-10)18-21(19,20)14-8-11(15)4-7-13(14)16/h2-9,18H,17H2,1H3. The van der Waals surface area contributed by atoms with Crippen LogP contribution in [0.3, 0.4) is 0 Å². The maximum atomic E-state index is 12.4. The van der Waals surface area contributed by atoms with Crippen molar-refractivity contribution in [3.63, 3.8) is 0 Å². The van der Waals surface area contributed by atoms with E-state index in [1.807, 2.05) is 0 Å². The molecule has 2 rings (SSSR count). The van der Waals surface area contributed by atoms with Crippen molar-refractivity contribution in [3.8, 4) is 0 Å². The summed E-state index contributed by atoms with van der Waals surface area (Å²) in [4.78, 5) is -0.0426. The predicted octanol–water partition coefficient (Wildman–Crippen LogP) is 3.62. The molecule has 0 fully saturated rings. The summed E-state index contributed by atoms with van der Waals surface area (Å²) in [6.45, 7) is 1.74. The molecule has 112 valence electrons. The van der Waals surface area contributed by atoms with Crippen LogP contribution in [0.15, 0.2) is 47.4 Å². The van der Waals surface area contributed by atoms with Gasteiger partial charge in [0.2, 0.25) is 10.0 Å². The Bertz CT molecular complexity index is 746. The number of nitrogen functional groups attached to an aromatic ring is 1. The second-order valence-electron chi connectivity index (χ2n) is 4.58. The van der Waals surface area contributed by atoms with E-state index in [0.29, 0.717) is 10.7 Å². The lowest BCUT2D eigenvalue weighted by Crippen LogP contribution is -2.27. The monoisotopic (exact) mass is 344 g/mol. The molecule has 0 bridgehead atoms. The first kappa shape index (κ1) is 16.1. The summed E-state index contributed by atoms with van der Waals surface area (Å²) < 4.78 is 27.3. The second kappa shape index (κ2) is 6.23. The number of halogens is 2. The highest BCUT2D eigenvalue weighted by molar-refractivity contribution is 7.89. The van der Waals surface area contributed by atoms with Crippen LogP contribution in [0.25, 0.3) is 0 Å². The Labute approximate surface area is 133 Å². The van der Waals surface area contributed by atoms with Crippen LogP contribution < -0.4 is 10.5 Å². The van der Waals surface area contributed by atoms with Gasteiger partial charge in [-0.3, -0.25) is 0 Å². The average molecular weight is 345 g/mol. The van der Waals surface area contributed by atoms with Gasteiger partial charge in [-0.1, -0.05) is 35.3 Å². The zero-order valence-electron chi connectivity index (χ0n) is 11.2. The van der Waals surface area contributed by atoms with E-state index < -0.39 is 16.1 Å². The smallest absolute Gasteiger partial charge is 0.242 e. The zero-order valence-corrected chi connectivity index (χ0v) is 13.5. The molecule has 0 aliphatic heterocycles. The number of nitrogens with two attached hydrogens (primary N) is 1. The van der Waals surface area contributed by atoms with Gasteiger partial charge < -0.3 is 5.73 Å². The number of hydrogen-bond acceptors (Lipinski definition) is 3. The zero-order chi connectivity index (χ0) is 15.6. The molecular formula is C14H14Cl2N2O2S. The third-order valence-electron chi connectivity index (χ3n) is 2.95. The van der Waals surface area contributed by atoms with E-state index >= 15 is 0 Å². The normalized spacial score (nSPS) is 13.1. The van der Waals surface area contributed by atoms with Crippen LogP contribution >= 0.6 is 23.2 Å². The van der Waals surface area contributed by atoms with Gasteiger partial charge in [0.15, 0.2) is 0 Å². The van der Waals surface area contributed by atoms with E-state index in [-0.39, 0.29) is 9.92 Å². The van der Waals surface area contributed by atoms with E-state index in [1.54, 1.807) is 31.2 Å². The largest absolute Gasteiger partial charge is 0.399 e. The molecule has 0 aliphatic carbocycles. The van der Waals surface area contributed by atoms with Gasteiger partial charge in [-0.2, -0.15) is 0 Å². The Kier molecular flexibility index (Phi) is 4.78. The maximum Gasteiger partial charge on any atom is 0.242 e. The molecule has 7 heteroatoms.